The van der Waals surface area contributed by atoms with Gasteiger partial charge in [-0.3, -0.25) is 4.52 Å². The summed E-state index contributed by atoms with van der Waals surface area (Å²) >= 11 is 1.23. The maximum Gasteiger partial charge on any atom is 0.320 e. The standard InChI is InChI=1S/C21H27N5O3S/c1-21(2,3)16-5-6-17-14(10-16)9-15(11-22)20(23-17)30-13-18(27)24-19-12-26(25-29-19)7-8-28-4/h9,12,16H,5-8,10,13H2,1-4H3. The van der Waals surface area contributed by atoms with E-state index in [-0.39, 0.29) is 22.9 Å². The third-order valence-corrected chi connectivity index (χ3v) is 6.26. The van der Waals surface area contributed by atoms with Crippen molar-refractivity contribution < 1.29 is 19.0 Å². The minimum absolute atomic E-state index is 0.0733. The molecule has 2 heterocycles. The van der Waals surface area contributed by atoms with Gasteiger partial charge in [0.05, 0.1) is 5.56 Å². The van der Waals surface area contributed by atoms with Gasteiger partial charge >= 0.3 is 5.88 Å². The molecule has 0 N–H and O–H groups in total. The highest BCUT2D eigenvalue weighted by Crippen LogP contribution is 2.38. The molecule has 3 rings (SSSR count). The van der Waals surface area contributed by atoms with E-state index in [0.717, 1.165) is 30.5 Å². The van der Waals surface area contributed by atoms with Crippen LogP contribution in [0.1, 0.15) is 44.0 Å². The second-order valence-corrected chi connectivity index (χ2v) is 9.42. The molecule has 0 bridgehead atoms. The number of hydrogen-bond acceptors (Lipinski definition) is 8. The molecule has 2 aromatic rings. The summed E-state index contributed by atoms with van der Waals surface area (Å²) in [6.45, 7) is 7.77. The van der Waals surface area contributed by atoms with Crippen LogP contribution >= 0.6 is 11.8 Å². The van der Waals surface area contributed by atoms with Gasteiger partial charge in [-0.05, 0) is 52.8 Å². The Morgan fingerprint density at radius 2 is 2.30 bits per heavy atom. The molecule has 1 aliphatic rings. The van der Waals surface area contributed by atoms with Crippen LogP contribution in [-0.2, 0) is 24.1 Å². The Kier molecular flexibility index (Phi) is 7.10. The summed E-state index contributed by atoms with van der Waals surface area (Å²) in [7, 11) is 1.60. The van der Waals surface area contributed by atoms with E-state index in [9.17, 15) is 10.4 Å². The smallest absolute Gasteiger partial charge is 0.320 e. The highest BCUT2D eigenvalue weighted by Gasteiger charge is 2.30. The molecule has 0 aromatic carbocycles. The van der Waals surface area contributed by atoms with Gasteiger partial charge in [-0.15, -0.1) is 0 Å². The SMILES string of the molecule is COCC[n+]1cc(/N=C(\[O-])CSc2nc3c(cc2C#N)CC(C(C)(C)C)CC3)on1. The van der Waals surface area contributed by atoms with Crippen LogP contribution in [0.2, 0.25) is 0 Å². The average molecular weight is 430 g/mol. The predicted molar refractivity (Wildman–Crippen MR) is 110 cm³/mol. The second kappa shape index (κ2) is 9.58. The van der Waals surface area contributed by atoms with Crippen molar-refractivity contribution in [3.63, 3.8) is 0 Å². The van der Waals surface area contributed by atoms with Crippen molar-refractivity contribution in [2.45, 2.75) is 51.6 Å². The summed E-state index contributed by atoms with van der Waals surface area (Å²) in [6.07, 6.45) is 4.47. The van der Waals surface area contributed by atoms with Gasteiger partial charge in [-0.25, -0.2) is 9.98 Å². The fraction of sp³-hybridized carbons (Fsp3) is 0.571. The number of aryl methyl sites for hydroxylation is 1. The molecule has 160 valence electrons. The van der Waals surface area contributed by atoms with E-state index in [1.54, 1.807) is 13.3 Å². The lowest BCUT2D eigenvalue weighted by atomic mass is 9.71. The zero-order chi connectivity index (χ0) is 21.7. The normalized spacial score (nSPS) is 16.9. The molecule has 0 fully saturated rings. The minimum atomic E-state index is -0.369. The number of rotatable bonds is 7. The molecule has 2 aromatic heterocycles. The molecule has 1 unspecified atom stereocenters. The number of nitrogens with zero attached hydrogens (tertiary/aromatic N) is 5. The van der Waals surface area contributed by atoms with E-state index in [4.69, 9.17) is 14.2 Å². The third-order valence-electron chi connectivity index (χ3n) is 5.29. The van der Waals surface area contributed by atoms with Crippen molar-refractivity contribution in [3.05, 3.63) is 29.1 Å². The number of fused-ring (bicyclic) bond motifs is 1. The molecule has 0 amide bonds. The van der Waals surface area contributed by atoms with E-state index in [1.807, 2.05) is 6.07 Å². The summed E-state index contributed by atoms with van der Waals surface area (Å²) in [4.78, 5) is 8.63. The van der Waals surface area contributed by atoms with Crippen LogP contribution < -0.4 is 9.79 Å². The van der Waals surface area contributed by atoms with Gasteiger partial charge in [-0.1, -0.05) is 32.5 Å². The maximum absolute atomic E-state index is 12.2. The summed E-state index contributed by atoms with van der Waals surface area (Å²) < 4.78 is 11.5. The van der Waals surface area contributed by atoms with Crippen LogP contribution in [0, 0.1) is 22.7 Å². The minimum Gasteiger partial charge on any atom is -0.861 e. The number of hydrogen-bond donors (Lipinski definition) is 0. The molecular weight excluding hydrogens is 402 g/mol. The van der Waals surface area contributed by atoms with Gasteiger partial charge in [0.15, 0.2) is 0 Å². The van der Waals surface area contributed by atoms with Crippen molar-refractivity contribution >= 4 is 23.5 Å². The molecule has 0 saturated carbocycles. The van der Waals surface area contributed by atoms with E-state index < -0.39 is 0 Å². The van der Waals surface area contributed by atoms with E-state index >= 15 is 0 Å². The molecule has 9 heteroatoms. The molecule has 0 aliphatic heterocycles. The van der Waals surface area contributed by atoms with Crippen LogP contribution in [0.15, 0.2) is 26.8 Å². The van der Waals surface area contributed by atoms with Gasteiger partial charge in [0, 0.05) is 18.6 Å². The van der Waals surface area contributed by atoms with Gasteiger partial charge < -0.3 is 9.84 Å². The monoisotopic (exact) mass is 429 g/mol. The third kappa shape index (κ3) is 5.58. The molecule has 30 heavy (non-hydrogen) atoms. The number of aliphatic imine (C=N–C) groups is 1. The van der Waals surface area contributed by atoms with Gasteiger partial charge in [0.1, 0.15) is 17.7 Å². The Bertz CT molecular complexity index is 959. The highest BCUT2D eigenvalue weighted by atomic mass is 32.2. The zero-order valence-electron chi connectivity index (χ0n) is 17.8. The van der Waals surface area contributed by atoms with Crippen molar-refractivity contribution in [3.8, 4) is 6.07 Å². The molecule has 0 saturated heterocycles. The summed E-state index contributed by atoms with van der Waals surface area (Å²) in [6, 6.07) is 4.17. The van der Waals surface area contributed by atoms with Crippen molar-refractivity contribution in [2.75, 3.05) is 19.5 Å². The summed E-state index contributed by atoms with van der Waals surface area (Å²) in [5.74, 6) is 0.421. The first kappa shape index (κ1) is 22.2. The largest absolute Gasteiger partial charge is 0.861 e. The Balaban J connectivity index is 1.68. The molecule has 8 nitrogen and oxygen atoms in total. The number of ether oxygens (including phenoxy) is 1. The van der Waals surface area contributed by atoms with Crippen molar-refractivity contribution in [2.24, 2.45) is 16.3 Å². The predicted octanol–water partition coefficient (Wildman–Crippen LogP) is 2.21. The first-order chi connectivity index (χ1) is 14.3. The van der Waals surface area contributed by atoms with Crippen molar-refractivity contribution in [1.29, 1.82) is 5.26 Å². The number of thioether (sulfide) groups is 1. The number of nitriles is 1. The summed E-state index contributed by atoms with van der Waals surface area (Å²) in [5, 5.41) is 26.2. The lowest BCUT2D eigenvalue weighted by molar-refractivity contribution is -0.763. The second-order valence-electron chi connectivity index (χ2n) is 8.45. The van der Waals surface area contributed by atoms with E-state index in [0.29, 0.717) is 29.7 Å². The molecule has 1 atom stereocenters. The summed E-state index contributed by atoms with van der Waals surface area (Å²) in [5.41, 5.74) is 2.93. The molecule has 0 spiro atoms. The van der Waals surface area contributed by atoms with Gasteiger partial charge in [0.25, 0.3) is 6.20 Å². The first-order valence-electron chi connectivity index (χ1n) is 9.95. The Morgan fingerprint density at radius 1 is 1.50 bits per heavy atom. The molecular formula is C21H27N5O3S. The highest BCUT2D eigenvalue weighted by molar-refractivity contribution is 7.99. The lowest BCUT2D eigenvalue weighted by Crippen LogP contribution is -2.36. The average Bonchev–Trinajstić information content (AvgIpc) is 3.15. The maximum atomic E-state index is 12.2. The topological polar surface area (TPSA) is 111 Å². The Morgan fingerprint density at radius 3 is 3.00 bits per heavy atom. The zero-order valence-corrected chi connectivity index (χ0v) is 18.7. The van der Waals surface area contributed by atoms with Crippen LogP contribution in [0.5, 0.6) is 0 Å². The fourth-order valence-electron chi connectivity index (χ4n) is 3.47. The number of pyridine rings is 1. The Labute approximate surface area is 180 Å². The molecule has 0 radical (unpaired) electrons. The van der Waals surface area contributed by atoms with Gasteiger partial charge in [0.2, 0.25) is 11.8 Å². The fourth-order valence-corrected chi connectivity index (χ4v) is 4.23. The Hall–Kier alpha value is -2.44. The first-order valence-corrected chi connectivity index (χ1v) is 10.9. The van der Waals surface area contributed by atoms with Crippen LogP contribution in [0.3, 0.4) is 0 Å². The van der Waals surface area contributed by atoms with E-state index in [2.05, 4.69) is 37.1 Å². The number of aromatic nitrogens is 3. The lowest BCUT2D eigenvalue weighted by Gasteiger charge is -2.34. The van der Waals surface area contributed by atoms with Crippen molar-refractivity contribution in [1.82, 2.24) is 10.3 Å². The quantitative estimate of drug-likeness (QED) is 0.287. The van der Waals surface area contributed by atoms with Crippen LogP contribution in [0.4, 0.5) is 5.88 Å². The van der Waals surface area contributed by atoms with Crippen LogP contribution in [0.25, 0.3) is 0 Å². The number of methoxy groups -OCH3 is 1. The van der Waals surface area contributed by atoms with Gasteiger partial charge in [-0.2, -0.15) is 5.26 Å². The molecule has 1 aliphatic carbocycles. The van der Waals surface area contributed by atoms with E-state index in [1.165, 1.54) is 16.4 Å². The van der Waals surface area contributed by atoms with Crippen LogP contribution in [-0.4, -0.2) is 35.6 Å².